The Morgan fingerprint density at radius 2 is 1.47 bits per heavy atom. The summed E-state index contributed by atoms with van der Waals surface area (Å²) in [5.41, 5.74) is 4.24. The Hall–Kier alpha value is -0.700. The van der Waals surface area contributed by atoms with E-state index in [1.807, 2.05) is 39.0 Å². The van der Waals surface area contributed by atoms with Gasteiger partial charge in [-0.05, 0) is 27.2 Å². The Morgan fingerprint density at radius 1 is 0.842 bits per heavy atom. The third-order valence-corrected chi connectivity index (χ3v) is 3.09. The SMILES string of the molecule is Cc1ccc([O-])c(Cc2cc(C)cc(C)c2[O-])c1.[Ca+2]. The van der Waals surface area contributed by atoms with Gasteiger partial charge in [-0.3, -0.25) is 0 Å². The van der Waals surface area contributed by atoms with Gasteiger partial charge in [-0.1, -0.05) is 58.1 Å². The van der Waals surface area contributed by atoms with Crippen LogP contribution in [0.1, 0.15) is 27.8 Å². The fourth-order valence-electron chi connectivity index (χ4n) is 2.23. The molecular formula is C16H16CaO2. The maximum atomic E-state index is 12.0. The van der Waals surface area contributed by atoms with E-state index in [1.165, 1.54) is 0 Å². The topological polar surface area (TPSA) is 46.1 Å². The van der Waals surface area contributed by atoms with Gasteiger partial charge < -0.3 is 10.2 Å². The second-order valence-electron chi connectivity index (χ2n) is 4.86. The zero-order chi connectivity index (χ0) is 13.3. The molecule has 0 atom stereocenters. The van der Waals surface area contributed by atoms with Crippen molar-refractivity contribution in [2.75, 3.05) is 0 Å². The molecule has 0 fully saturated rings. The number of rotatable bonds is 2. The number of benzene rings is 2. The van der Waals surface area contributed by atoms with Crippen LogP contribution in [0.5, 0.6) is 11.5 Å². The van der Waals surface area contributed by atoms with E-state index in [0.717, 1.165) is 16.7 Å². The molecule has 0 aliphatic heterocycles. The summed E-state index contributed by atoms with van der Waals surface area (Å²) in [7, 11) is 0. The third kappa shape index (κ3) is 3.88. The Morgan fingerprint density at radius 3 is 2.16 bits per heavy atom. The average Bonchev–Trinajstić information content (AvgIpc) is 2.30. The molecule has 2 nitrogen and oxygen atoms in total. The summed E-state index contributed by atoms with van der Waals surface area (Å²) < 4.78 is 0. The van der Waals surface area contributed by atoms with Gasteiger partial charge in [0, 0.05) is 0 Å². The van der Waals surface area contributed by atoms with E-state index >= 15 is 0 Å². The first-order valence-electron chi connectivity index (χ1n) is 6.01. The van der Waals surface area contributed by atoms with Crippen LogP contribution in [0.3, 0.4) is 0 Å². The molecule has 0 unspecified atom stereocenters. The van der Waals surface area contributed by atoms with Crippen LogP contribution in [0, 0.1) is 20.8 Å². The maximum absolute atomic E-state index is 12.0. The summed E-state index contributed by atoms with van der Waals surface area (Å²) in [4.78, 5) is 0. The first-order chi connectivity index (χ1) is 8.47. The molecule has 0 spiro atoms. The summed E-state index contributed by atoms with van der Waals surface area (Å²) in [6.45, 7) is 5.72. The molecule has 19 heavy (non-hydrogen) atoms. The Kier molecular flexibility index (Phi) is 5.72. The number of aryl methyl sites for hydroxylation is 3. The van der Waals surface area contributed by atoms with Gasteiger partial charge in [0.15, 0.2) is 0 Å². The van der Waals surface area contributed by atoms with Crippen LogP contribution in [-0.4, -0.2) is 37.7 Å². The molecule has 94 valence electrons. The van der Waals surface area contributed by atoms with Crippen molar-refractivity contribution in [3.8, 4) is 11.5 Å². The van der Waals surface area contributed by atoms with Gasteiger partial charge in [0.05, 0.1) is 0 Å². The van der Waals surface area contributed by atoms with Gasteiger partial charge in [0.25, 0.3) is 0 Å². The van der Waals surface area contributed by atoms with Crippen LogP contribution in [0.15, 0.2) is 30.3 Å². The second kappa shape index (κ2) is 6.65. The minimum absolute atomic E-state index is 0. The standard InChI is InChI=1S/C16H18O2.Ca/c1-10-4-5-15(17)13(7-10)9-14-8-11(2)6-12(3)16(14)18;/h4-8,17-18H,9H2,1-3H3;/q;+2/p-2. The molecule has 0 aliphatic rings. The van der Waals surface area contributed by atoms with E-state index in [2.05, 4.69) is 0 Å². The van der Waals surface area contributed by atoms with E-state index < -0.39 is 0 Å². The van der Waals surface area contributed by atoms with E-state index in [9.17, 15) is 10.2 Å². The molecule has 3 heteroatoms. The molecule has 2 aromatic carbocycles. The molecule has 0 saturated carbocycles. The number of hydrogen-bond acceptors (Lipinski definition) is 2. The zero-order valence-corrected chi connectivity index (χ0v) is 13.8. The van der Waals surface area contributed by atoms with Crippen molar-refractivity contribution >= 4 is 37.7 Å². The van der Waals surface area contributed by atoms with Gasteiger partial charge >= 0.3 is 37.7 Å². The molecule has 0 bridgehead atoms. The summed E-state index contributed by atoms with van der Waals surface area (Å²) in [5.74, 6) is 0.0423. The third-order valence-electron chi connectivity index (χ3n) is 3.09. The fourth-order valence-corrected chi connectivity index (χ4v) is 2.23. The summed E-state index contributed by atoms with van der Waals surface area (Å²) >= 11 is 0. The van der Waals surface area contributed by atoms with E-state index in [4.69, 9.17) is 0 Å². The molecule has 0 N–H and O–H groups in total. The van der Waals surface area contributed by atoms with Gasteiger partial charge in [-0.15, -0.1) is 11.5 Å². The van der Waals surface area contributed by atoms with Crippen molar-refractivity contribution in [3.05, 3.63) is 58.1 Å². The van der Waals surface area contributed by atoms with Crippen LogP contribution in [0.4, 0.5) is 0 Å². The van der Waals surface area contributed by atoms with Crippen LogP contribution < -0.4 is 10.2 Å². The Balaban J connectivity index is 0.00000180. The van der Waals surface area contributed by atoms with E-state index in [1.54, 1.807) is 12.1 Å². The van der Waals surface area contributed by atoms with Crippen LogP contribution in [-0.2, 0) is 6.42 Å². The molecule has 0 radical (unpaired) electrons. The van der Waals surface area contributed by atoms with Gasteiger partial charge in [0.1, 0.15) is 0 Å². The average molecular weight is 280 g/mol. The van der Waals surface area contributed by atoms with Crippen LogP contribution in [0.25, 0.3) is 0 Å². The smallest absolute Gasteiger partial charge is 0.872 e. The molecule has 2 rings (SSSR count). The van der Waals surface area contributed by atoms with Crippen molar-refractivity contribution in [2.45, 2.75) is 27.2 Å². The van der Waals surface area contributed by atoms with Crippen LogP contribution in [0.2, 0.25) is 0 Å². The normalized spacial score (nSPS) is 10.1. The van der Waals surface area contributed by atoms with E-state index in [0.29, 0.717) is 17.5 Å². The van der Waals surface area contributed by atoms with Crippen molar-refractivity contribution in [2.24, 2.45) is 0 Å². The molecular weight excluding hydrogens is 264 g/mol. The molecule has 0 aliphatic carbocycles. The minimum Gasteiger partial charge on any atom is -0.872 e. The van der Waals surface area contributed by atoms with Crippen molar-refractivity contribution in [1.29, 1.82) is 0 Å². The summed E-state index contributed by atoms with van der Waals surface area (Å²) in [6.07, 6.45) is 0.419. The Bertz CT molecular complexity index is 592. The van der Waals surface area contributed by atoms with Gasteiger partial charge in [-0.25, -0.2) is 0 Å². The first-order valence-corrected chi connectivity index (χ1v) is 6.01. The Labute approximate surface area is 144 Å². The summed E-state index contributed by atoms with van der Waals surface area (Å²) in [5, 5.41) is 23.8. The first kappa shape index (κ1) is 16.4. The minimum atomic E-state index is -0.000779. The molecule has 0 heterocycles. The molecule has 0 amide bonds. The van der Waals surface area contributed by atoms with E-state index in [-0.39, 0.29) is 49.2 Å². The van der Waals surface area contributed by atoms with Gasteiger partial charge in [-0.2, -0.15) is 0 Å². The molecule has 0 aromatic heterocycles. The number of hydrogen-bond donors (Lipinski definition) is 0. The zero-order valence-electron chi connectivity index (χ0n) is 11.6. The predicted octanol–water partition coefficient (Wildman–Crippen LogP) is 1.97. The van der Waals surface area contributed by atoms with Crippen molar-refractivity contribution < 1.29 is 10.2 Å². The fraction of sp³-hybridized carbons (Fsp3) is 0.250. The van der Waals surface area contributed by atoms with Gasteiger partial charge in [0.2, 0.25) is 0 Å². The summed E-state index contributed by atoms with van der Waals surface area (Å²) in [6, 6.07) is 8.97. The largest absolute Gasteiger partial charge is 2.00 e. The predicted molar refractivity (Wildman–Crippen MR) is 74.5 cm³/mol. The quantitative estimate of drug-likeness (QED) is 0.790. The van der Waals surface area contributed by atoms with Crippen molar-refractivity contribution in [1.82, 2.24) is 0 Å². The monoisotopic (exact) mass is 280 g/mol. The molecule has 2 aromatic rings. The van der Waals surface area contributed by atoms with Crippen molar-refractivity contribution in [3.63, 3.8) is 0 Å². The maximum Gasteiger partial charge on any atom is 2.00 e. The van der Waals surface area contributed by atoms with Crippen LogP contribution >= 0.6 is 0 Å². The molecule has 0 saturated heterocycles. The second-order valence-corrected chi connectivity index (χ2v) is 4.86.